The molecular formula is C20H26N2O4S2. The molecule has 0 atom stereocenters. The molecule has 0 aromatic heterocycles. The second-order valence-electron chi connectivity index (χ2n) is 7.04. The van der Waals surface area contributed by atoms with Gasteiger partial charge in [-0.1, -0.05) is 24.3 Å². The molecule has 0 bridgehead atoms. The van der Waals surface area contributed by atoms with Crippen LogP contribution >= 0.6 is 0 Å². The van der Waals surface area contributed by atoms with Crippen LogP contribution in [0.2, 0.25) is 0 Å². The smallest absolute Gasteiger partial charge is 0.240 e. The van der Waals surface area contributed by atoms with Crippen LogP contribution in [0.15, 0.2) is 63.2 Å². The van der Waals surface area contributed by atoms with Gasteiger partial charge in [0.1, 0.15) is 0 Å². The minimum absolute atomic E-state index is 0.00526. The summed E-state index contributed by atoms with van der Waals surface area (Å²) in [5.41, 5.74) is 0.513. The number of nitrogens with zero attached hydrogens (tertiary/aromatic N) is 1. The average molecular weight is 423 g/mol. The zero-order valence-corrected chi connectivity index (χ0v) is 17.6. The Balaban J connectivity index is 1.76. The number of likely N-dealkylation sites (tertiary alicyclic amines) is 1. The third-order valence-electron chi connectivity index (χ3n) is 4.95. The summed E-state index contributed by atoms with van der Waals surface area (Å²) in [4.78, 5) is 2.44. The van der Waals surface area contributed by atoms with E-state index in [1.807, 2.05) is 0 Å². The number of nitrogens with one attached hydrogen (secondary N) is 1. The minimum atomic E-state index is -3.78. The molecule has 1 aliphatic heterocycles. The predicted molar refractivity (Wildman–Crippen MR) is 109 cm³/mol. The van der Waals surface area contributed by atoms with Crippen molar-refractivity contribution in [2.45, 2.75) is 40.9 Å². The summed E-state index contributed by atoms with van der Waals surface area (Å²) < 4.78 is 53.7. The summed E-state index contributed by atoms with van der Waals surface area (Å²) >= 11 is 0. The van der Waals surface area contributed by atoms with E-state index in [0.717, 1.165) is 26.1 Å². The van der Waals surface area contributed by atoms with Crippen molar-refractivity contribution in [3.05, 3.63) is 54.1 Å². The zero-order valence-electron chi connectivity index (χ0n) is 16.0. The normalized spacial score (nSPS) is 15.8. The lowest BCUT2D eigenvalue weighted by Crippen LogP contribution is -2.29. The molecule has 0 spiro atoms. The first-order valence-corrected chi connectivity index (χ1v) is 12.4. The highest BCUT2D eigenvalue weighted by Crippen LogP contribution is 2.25. The predicted octanol–water partition coefficient (Wildman–Crippen LogP) is 2.59. The number of aryl methyl sites for hydroxylation is 1. The first-order valence-electron chi connectivity index (χ1n) is 9.43. The maximum absolute atomic E-state index is 12.8. The first kappa shape index (κ1) is 21.0. The van der Waals surface area contributed by atoms with Gasteiger partial charge in [0.05, 0.1) is 14.7 Å². The highest BCUT2D eigenvalue weighted by molar-refractivity contribution is 7.91. The van der Waals surface area contributed by atoms with Crippen molar-refractivity contribution in [3.63, 3.8) is 0 Å². The number of sulfone groups is 1. The molecule has 1 heterocycles. The van der Waals surface area contributed by atoms with Gasteiger partial charge in [0, 0.05) is 6.54 Å². The van der Waals surface area contributed by atoms with E-state index in [4.69, 9.17) is 0 Å². The summed E-state index contributed by atoms with van der Waals surface area (Å²) in [6.45, 7) is 5.01. The molecule has 0 unspecified atom stereocenters. The molecule has 8 heteroatoms. The Kier molecular flexibility index (Phi) is 6.54. The number of hydrogen-bond donors (Lipinski definition) is 1. The molecule has 1 aliphatic rings. The quantitative estimate of drug-likeness (QED) is 0.661. The molecule has 0 radical (unpaired) electrons. The van der Waals surface area contributed by atoms with Gasteiger partial charge in [0.15, 0.2) is 0 Å². The van der Waals surface area contributed by atoms with E-state index in [1.165, 1.54) is 43.2 Å². The van der Waals surface area contributed by atoms with Gasteiger partial charge in [-0.05, 0) is 75.6 Å². The van der Waals surface area contributed by atoms with Gasteiger partial charge in [-0.2, -0.15) is 0 Å². The van der Waals surface area contributed by atoms with Gasteiger partial charge in [-0.3, -0.25) is 0 Å². The number of benzene rings is 2. The van der Waals surface area contributed by atoms with Crippen molar-refractivity contribution in [2.24, 2.45) is 0 Å². The van der Waals surface area contributed by atoms with Crippen LogP contribution in [0.25, 0.3) is 0 Å². The largest absolute Gasteiger partial charge is 0.303 e. The van der Waals surface area contributed by atoms with Crippen molar-refractivity contribution in [2.75, 3.05) is 26.2 Å². The monoisotopic (exact) mass is 422 g/mol. The van der Waals surface area contributed by atoms with E-state index < -0.39 is 19.9 Å². The van der Waals surface area contributed by atoms with Crippen molar-refractivity contribution in [3.8, 4) is 0 Å². The van der Waals surface area contributed by atoms with Crippen molar-refractivity contribution >= 4 is 19.9 Å². The fourth-order valence-electron chi connectivity index (χ4n) is 3.37. The maximum atomic E-state index is 12.8. The van der Waals surface area contributed by atoms with Crippen LogP contribution in [0, 0.1) is 6.92 Å². The Morgan fingerprint density at radius 1 is 0.929 bits per heavy atom. The fraction of sp³-hybridized carbons (Fsp3) is 0.400. The maximum Gasteiger partial charge on any atom is 0.240 e. The zero-order chi connectivity index (χ0) is 20.2. The standard InChI is InChI=1S/C20H26N2O4S2/c1-17-10-11-19(27(23,24)18-8-3-2-4-9-18)16-20(17)28(25,26)21-12-7-15-22-13-5-6-14-22/h2-4,8-11,16,21H,5-7,12-15H2,1H3. The Morgan fingerprint density at radius 3 is 2.29 bits per heavy atom. The SMILES string of the molecule is Cc1ccc(S(=O)(=O)c2ccccc2)cc1S(=O)(=O)NCCCN1CCCC1. The summed E-state index contributed by atoms with van der Waals surface area (Å²) in [6.07, 6.45) is 3.13. The Bertz CT molecular complexity index is 1010. The Hall–Kier alpha value is -1.74. The molecule has 3 rings (SSSR count). The Morgan fingerprint density at radius 2 is 1.61 bits per heavy atom. The van der Waals surface area contributed by atoms with Gasteiger partial charge >= 0.3 is 0 Å². The number of hydrogen-bond acceptors (Lipinski definition) is 5. The van der Waals surface area contributed by atoms with Gasteiger partial charge in [-0.25, -0.2) is 21.6 Å². The molecular weight excluding hydrogens is 396 g/mol. The van der Waals surface area contributed by atoms with Crippen molar-refractivity contribution in [1.29, 1.82) is 0 Å². The molecule has 2 aromatic rings. The fourth-order valence-corrected chi connectivity index (χ4v) is 6.09. The molecule has 152 valence electrons. The molecule has 0 saturated carbocycles. The number of sulfonamides is 1. The highest BCUT2D eigenvalue weighted by Gasteiger charge is 2.23. The van der Waals surface area contributed by atoms with Crippen molar-refractivity contribution < 1.29 is 16.8 Å². The van der Waals surface area contributed by atoms with Gasteiger partial charge in [0.25, 0.3) is 0 Å². The van der Waals surface area contributed by atoms with Gasteiger partial charge in [-0.15, -0.1) is 0 Å². The molecule has 0 amide bonds. The highest BCUT2D eigenvalue weighted by atomic mass is 32.2. The molecule has 1 N–H and O–H groups in total. The van der Waals surface area contributed by atoms with Crippen LogP contribution in [0.3, 0.4) is 0 Å². The van der Waals surface area contributed by atoms with E-state index in [0.29, 0.717) is 12.1 Å². The van der Waals surface area contributed by atoms with E-state index in [9.17, 15) is 16.8 Å². The third kappa shape index (κ3) is 4.81. The van der Waals surface area contributed by atoms with E-state index in [1.54, 1.807) is 25.1 Å². The molecule has 2 aromatic carbocycles. The van der Waals surface area contributed by atoms with Gasteiger partial charge < -0.3 is 4.90 Å². The van der Waals surface area contributed by atoms with E-state index in [2.05, 4.69) is 9.62 Å². The minimum Gasteiger partial charge on any atom is -0.303 e. The van der Waals surface area contributed by atoms with Gasteiger partial charge in [0.2, 0.25) is 19.9 Å². The first-order chi connectivity index (χ1) is 13.3. The molecule has 1 fully saturated rings. The average Bonchev–Trinajstić information content (AvgIpc) is 3.19. The van der Waals surface area contributed by atoms with Crippen LogP contribution in [-0.4, -0.2) is 47.9 Å². The summed E-state index contributed by atoms with van der Waals surface area (Å²) in [7, 11) is -7.56. The second kappa shape index (κ2) is 8.73. The van der Waals surface area contributed by atoms with E-state index >= 15 is 0 Å². The van der Waals surface area contributed by atoms with Crippen LogP contribution in [0.5, 0.6) is 0 Å². The lowest BCUT2D eigenvalue weighted by Gasteiger charge is -2.15. The van der Waals surface area contributed by atoms with Crippen molar-refractivity contribution in [1.82, 2.24) is 9.62 Å². The summed E-state index contributed by atoms with van der Waals surface area (Å²) in [5, 5.41) is 0. The van der Waals surface area contributed by atoms with Crippen LogP contribution in [0.4, 0.5) is 0 Å². The number of rotatable bonds is 8. The van der Waals surface area contributed by atoms with Crippen LogP contribution in [-0.2, 0) is 19.9 Å². The topological polar surface area (TPSA) is 83.5 Å². The van der Waals surface area contributed by atoms with Crippen LogP contribution in [0.1, 0.15) is 24.8 Å². The lowest BCUT2D eigenvalue weighted by molar-refractivity contribution is 0.334. The van der Waals surface area contributed by atoms with Crippen LogP contribution < -0.4 is 4.72 Å². The Labute approximate surface area is 167 Å². The molecule has 28 heavy (non-hydrogen) atoms. The van der Waals surface area contributed by atoms with E-state index in [-0.39, 0.29) is 14.7 Å². The molecule has 0 aliphatic carbocycles. The summed E-state index contributed by atoms with van der Waals surface area (Å²) in [6, 6.07) is 12.2. The summed E-state index contributed by atoms with van der Waals surface area (Å²) in [5.74, 6) is 0. The molecule has 1 saturated heterocycles. The third-order valence-corrected chi connectivity index (χ3v) is 8.33. The molecule has 6 nitrogen and oxygen atoms in total. The second-order valence-corrected chi connectivity index (χ2v) is 10.7. The lowest BCUT2D eigenvalue weighted by atomic mass is 10.2.